The highest BCUT2D eigenvalue weighted by Crippen LogP contribution is 2.14. The average Bonchev–Trinajstić information content (AvgIpc) is 2.82. The second kappa shape index (κ2) is 7.78. The van der Waals surface area contributed by atoms with E-state index in [1.165, 1.54) is 0 Å². The topological polar surface area (TPSA) is 58.2 Å². The van der Waals surface area contributed by atoms with E-state index in [0.717, 1.165) is 29.5 Å². The molecule has 19 heavy (non-hydrogen) atoms. The Labute approximate surface area is 134 Å². The zero-order chi connectivity index (χ0) is 13.0. The molecule has 0 spiro atoms. The minimum Gasteiger partial charge on any atom is -0.316 e. The lowest BCUT2D eigenvalue weighted by atomic mass is 10.1. The third-order valence-corrected chi connectivity index (χ3v) is 5.24. The van der Waals surface area contributed by atoms with Crippen molar-refractivity contribution in [1.82, 2.24) is 10.0 Å². The van der Waals surface area contributed by atoms with Crippen molar-refractivity contribution in [2.45, 2.75) is 17.7 Å². The van der Waals surface area contributed by atoms with Crippen LogP contribution < -0.4 is 10.0 Å². The summed E-state index contributed by atoms with van der Waals surface area (Å²) in [5.41, 5.74) is 0. The molecule has 2 rings (SSSR count). The van der Waals surface area contributed by atoms with Crippen molar-refractivity contribution >= 4 is 45.0 Å². The number of halogens is 2. The molecule has 108 valence electrons. The van der Waals surface area contributed by atoms with Gasteiger partial charge in [-0.3, -0.25) is 0 Å². The Balaban J connectivity index is 0.00000180. The van der Waals surface area contributed by atoms with Gasteiger partial charge in [-0.15, -0.1) is 12.4 Å². The first-order valence-electron chi connectivity index (χ1n) is 6.04. The van der Waals surface area contributed by atoms with E-state index in [9.17, 15) is 8.42 Å². The molecule has 0 radical (unpaired) electrons. The molecular weight excluding hydrogens is 399 g/mol. The number of benzene rings is 1. The molecule has 1 unspecified atom stereocenters. The fraction of sp³-hybridized carbons (Fsp3) is 0.500. The monoisotopic (exact) mass is 416 g/mol. The maximum Gasteiger partial charge on any atom is 0.240 e. The summed E-state index contributed by atoms with van der Waals surface area (Å²) in [5, 5.41) is 3.28. The molecule has 0 aliphatic carbocycles. The van der Waals surface area contributed by atoms with Crippen LogP contribution in [0.5, 0.6) is 0 Å². The first-order valence-corrected chi connectivity index (χ1v) is 8.60. The van der Waals surface area contributed by atoms with Gasteiger partial charge in [-0.25, -0.2) is 13.1 Å². The Morgan fingerprint density at radius 2 is 2.21 bits per heavy atom. The standard InChI is InChI=1S/C12H17IN2O2S.ClH/c13-11-2-1-3-12(8-11)18(16,17)15-7-5-10-4-6-14-9-10;/h1-3,8,10,14-15H,4-7,9H2;1H. The van der Waals surface area contributed by atoms with Gasteiger partial charge in [0.15, 0.2) is 0 Å². The van der Waals surface area contributed by atoms with Crippen molar-refractivity contribution in [2.75, 3.05) is 19.6 Å². The van der Waals surface area contributed by atoms with E-state index < -0.39 is 10.0 Å². The molecule has 0 amide bonds. The SMILES string of the molecule is Cl.O=S(=O)(NCCC1CCNC1)c1cccc(I)c1. The summed E-state index contributed by atoms with van der Waals surface area (Å²) in [6, 6.07) is 6.95. The Morgan fingerprint density at radius 3 is 2.84 bits per heavy atom. The Hall–Kier alpha value is 0.110. The first kappa shape index (κ1) is 17.2. The van der Waals surface area contributed by atoms with Gasteiger partial charge >= 0.3 is 0 Å². The van der Waals surface area contributed by atoms with Crippen LogP contribution in [-0.2, 0) is 10.0 Å². The fourth-order valence-corrected chi connectivity index (χ4v) is 3.92. The highest BCUT2D eigenvalue weighted by atomic mass is 127. The van der Waals surface area contributed by atoms with E-state index in [1.807, 2.05) is 6.07 Å². The fourth-order valence-electron chi connectivity index (χ4n) is 2.08. The third-order valence-electron chi connectivity index (χ3n) is 3.11. The molecule has 2 N–H and O–H groups in total. The molecular formula is C12H18ClIN2O2S. The first-order chi connectivity index (χ1) is 8.58. The highest BCUT2D eigenvalue weighted by Gasteiger charge is 2.17. The Morgan fingerprint density at radius 1 is 1.42 bits per heavy atom. The molecule has 7 heteroatoms. The minimum absolute atomic E-state index is 0. The van der Waals surface area contributed by atoms with Crippen molar-refractivity contribution < 1.29 is 8.42 Å². The summed E-state index contributed by atoms with van der Waals surface area (Å²) >= 11 is 2.11. The van der Waals surface area contributed by atoms with Crippen LogP contribution in [0.1, 0.15) is 12.8 Å². The predicted octanol–water partition coefficient (Wildman–Crippen LogP) is 1.99. The Bertz CT molecular complexity index is 504. The van der Waals surface area contributed by atoms with Crippen LogP contribution in [0.15, 0.2) is 29.2 Å². The molecule has 1 aliphatic rings. The number of sulfonamides is 1. The van der Waals surface area contributed by atoms with Crippen LogP contribution in [0.4, 0.5) is 0 Å². The van der Waals surface area contributed by atoms with Gasteiger partial charge < -0.3 is 5.32 Å². The predicted molar refractivity (Wildman–Crippen MR) is 87.2 cm³/mol. The average molecular weight is 417 g/mol. The molecule has 1 aromatic rings. The van der Waals surface area contributed by atoms with Gasteiger partial charge in [-0.2, -0.15) is 0 Å². The second-order valence-electron chi connectivity index (χ2n) is 4.50. The van der Waals surface area contributed by atoms with Crippen LogP contribution in [0, 0.1) is 9.49 Å². The lowest BCUT2D eigenvalue weighted by Gasteiger charge is -2.10. The van der Waals surface area contributed by atoms with Crippen LogP contribution >= 0.6 is 35.0 Å². The molecule has 4 nitrogen and oxygen atoms in total. The number of rotatable bonds is 5. The molecule has 0 saturated carbocycles. The lowest BCUT2D eigenvalue weighted by molar-refractivity contribution is 0.519. The summed E-state index contributed by atoms with van der Waals surface area (Å²) in [6.07, 6.45) is 2.04. The van der Waals surface area contributed by atoms with E-state index in [4.69, 9.17) is 0 Å². The molecule has 1 aliphatic heterocycles. The van der Waals surface area contributed by atoms with Crippen LogP contribution in [0.2, 0.25) is 0 Å². The number of hydrogen-bond acceptors (Lipinski definition) is 3. The number of hydrogen-bond donors (Lipinski definition) is 2. The second-order valence-corrected chi connectivity index (χ2v) is 7.52. The van der Waals surface area contributed by atoms with Gasteiger partial charge in [0, 0.05) is 10.1 Å². The van der Waals surface area contributed by atoms with Gasteiger partial charge in [0.05, 0.1) is 4.90 Å². The zero-order valence-corrected chi connectivity index (χ0v) is 14.2. The largest absolute Gasteiger partial charge is 0.316 e. The van der Waals surface area contributed by atoms with Crippen molar-refractivity contribution in [3.05, 3.63) is 27.8 Å². The van der Waals surface area contributed by atoms with E-state index in [1.54, 1.807) is 18.2 Å². The van der Waals surface area contributed by atoms with Crippen LogP contribution in [-0.4, -0.2) is 28.1 Å². The zero-order valence-electron chi connectivity index (χ0n) is 10.4. The molecule has 0 aromatic heterocycles. The maximum atomic E-state index is 12.0. The molecule has 1 saturated heterocycles. The summed E-state index contributed by atoms with van der Waals surface area (Å²) in [4.78, 5) is 0.346. The lowest BCUT2D eigenvalue weighted by Crippen LogP contribution is -2.26. The quantitative estimate of drug-likeness (QED) is 0.722. The molecule has 1 aromatic carbocycles. The van der Waals surface area contributed by atoms with E-state index >= 15 is 0 Å². The van der Waals surface area contributed by atoms with E-state index in [0.29, 0.717) is 17.4 Å². The molecule has 1 atom stereocenters. The van der Waals surface area contributed by atoms with E-state index in [2.05, 4.69) is 32.6 Å². The minimum atomic E-state index is -3.35. The van der Waals surface area contributed by atoms with Gasteiger partial charge in [0.1, 0.15) is 0 Å². The Kier molecular flexibility index (Phi) is 7.02. The van der Waals surface area contributed by atoms with Gasteiger partial charge in [0.2, 0.25) is 10.0 Å². The number of nitrogens with one attached hydrogen (secondary N) is 2. The van der Waals surface area contributed by atoms with Crippen molar-refractivity contribution in [3.63, 3.8) is 0 Å². The van der Waals surface area contributed by atoms with Crippen LogP contribution in [0.3, 0.4) is 0 Å². The van der Waals surface area contributed by atoms with Gasteiger partial charge in [-0.1, -0.05) is 6.07 Å². The summed E-state index contributed by atoms with van der Waals surface area (Å²) in [7, 11) is -3.35. The van der Waals surface area contributed by atoms with Crippen LogP contribution in [0.25, 0.3) is 0 Å². The normalized spacial score (nSPS) is 19.1. The van der Waals surface area contributed by atoms with Crippen molar-refractivity contribution in [2.24, 2.45) is 5.92 Å². The summed E-state index contributed by atoms with van der Waals surface area (Å²) in [5.74, 6) is 0.601. The molecule has 1 fully saturated rings. The van der Waals surface area contributed by atoms with Gasteiger partial charge in [-0.05, 0) is 72.6 Å². The third kappa shape index (κ3) is 5.18. The van der Waals surface area contributed by atoms with Crippen molar-refractivity contribution in [3.8, 4) is 0 Å². The van der Waals surface area contributed by atoms with E-state index in [-0.39, 0.29) is 12.4 Å². The highest BCUT2D eigenvalue weighted by molar-refractivity contribution is 14.1. The smallest absolute Gasteiger partial charge is 0.240 e. The van der Waals surface area contributed by atoms with Gasteiger partial charge in [0.25, 0.3) is 0 Å². The van der Waals surface area contributed by atoms with Crippen molar-refractivity contribution in [1.29, 1.82) is 0 Å². The summed E-state index contributed by atoms with van der Waals surface area (Å²) in [6.45, 7) is 2.57. The summed E-state index contributed by atoms with van der Waals surface area (Å²) < 4.78 is 27.7. The molecule has 1 heterocycles. The molecule has 0 bridgehead atoms. The maximum absolute atomic E-state index is 12.0.